The van der Waals surface area contributed by atoms with Gasteiger partial charge in [0.25, 0.3) is 0 Å². The molecule has 1 aromatic heterocycles. The average Bonchev–Trinajstić information content (AvgIpc) is 3.26. The van der Waals surface area contributed by atoms with E-state index in [-0.39, 0.29) is 19.1 Å². The van der Waals surface area contributed by atoms with Gasteiger partial charge in [0.2, 0.25) is 0 Å². The number of nitrogens with zero attached hydrogens (tertiary/aromatic N) is 2. The molecule has 1 aliphatic heterocycles. The molecule has 3 aromatic carbocycles. The second-order valence-electron chi connectivity index (χ2n) is 8.18. The van der Waals surface area contributed by atoms with E-state index < -0.39 is 17.7 Å². The number of fused-ring (bicyclic) bond motifs is 3. The molecule has 2 heterocycles. The number of para-hydroxylation sites is 1. The summed E-state index contributed by atoms with van der Waals surface area (Å²) in [5, 5.41) is 2.97. The Kier molecular flexibility index (Phi) is 5.76. The summed E-state index contributed by atoms with van der Waals surface area (Å²) in [5.74, 6) is -0.681. The predicted octanol–water partition coefficient (Wildman–Crippen LogP) is 5.58. The monoisotopic (exact) mass is 459 g/mol. The first-order valence-electron chi connectivity index (χ1n) is 10.9. The molecule has 0 saturated heterocycles. The van der Waals surface area contributed by atoms with Crippen LogP contribution < -0.4 is 10.1 Å². The number of ether oxygens (including phenoxy) is 1. The summed E-state index contributed by atoms with van der Waals surface area (Å²) in [5.41, 5.74) is 3.83. The van der Waals surface area contributed by atoms with Crippen molar-refractivity contribution in [1.29, 1.82) is 0 Å². The Morgan fingerprint density at radius 3 is 2.59 bits per heavy atom. The normalized spacial score (nSPS) is 14.7. The van der Waals surface area contributed by atoms with Crippen LogP contribution in [-0.4, -0.2) is 22.6 Å². The lowest BCUT2D eigenvalue weighted by molar-refractivity contribution is 0.180. The zero-order chi connectivity index (χ0) is 23.7. The van der Waals surface area contributed by atoms with Crippen molar-refractivity contribution in [3.05, 3.63) is 119 Å². The molecule has 0 fully saturated rings. The number of hydrogen-bond donors (Lipinski definition) is 1. The molecule has 0 unspecified atom stereocenters. The van der Waals surface area contributed by atoms with Crippen LogP contribution in [0.3, 0.4) is 0 Å². The van der Waals surface area contributed by atoms with Crippen LogP contribution in [-0.2, 0) is 13.1 Å². The maximum Gasteiger partial charge on any atom is 0.318 e. The number of methoxy groups -OCH3 is 1. The highest BCUT2D eigenvalue weighted by Gasteiger charge is 2.33. The van der Waals surface area contributed by atoms with Gasteiger partial charge in [0.15, 0.2) is 0 Å². The third-order valence-electron chi connectivity index (χ3n) is 6.00. The standard InChI is InChI=1S/C27H23F2N3O2/c1-34-23-8-4-6-18(12-23)16-30-27(33)32-17-19-7-2-3-9-24(19)31-11-5-10-25(31)26(32)20-13-21(28)15-22(29)14-20/h2-15,26H,16-17H2,1H3,(H,30,33)/t26-/m0/s1. The van der Waals surface area contributed by atoms with Crippen molar-refractivity contribution in [2.45, 2.75) is 19.1 Å². The van der Waals surface area contributed by atoms with Gasteiger partial charge in [0.05, 0.1) is 25.4 Å². The van der Waals surface area contributed by atoms with Crippen molar-refractivity contribution in [3.63, 3.8) is 0 Å². The maximum atomic E-state index is 14.2. The number of hydrogen-bond acceptors (Lipinski definition) is 2. The van der Waals surface area contributed by atoms with E-state index in [0.29, 0.717) is 11.3 Å². The molecule has 1 aliphatic rings. The number of carbonyl (C=O) groups excluding carboxylic acids is 1. The maximum absolute atomic E-state index is 14.2. The highest BCUT2D eigenvalue weighted by molar-refractivity contribution is 5.76. The van der Waals surface area contributed by atoms with E-state index in [2.05, 4.69) is 5.32 Å². The summed E-state index contributed by atoms with van der Waals surface area (Å²) in [6.07, 6.45) is 1.90. The fourth-order valence-electron chi connectivity index (χ4n) is 4.48. The molecule has 2 amide bonds. The number of nitrogens with one attached hydrogen (secondary N) is 1. The van der Waals surface area contributed by atoms with E-state index in [0.717, 1.165) is 28.6 Å². The van der Waals surface area contributed by atoms with Gasteiger partial charge in [-0.05, 0) is 59.2 Å². The lowest BCUT2D eigenvalue weighted by Gasteiger charge is -2.31. The molecule has 172 valence electrons. The molecular weight excluding hydrogens is 436 g/mol. The Balaban J connectivity index is 1.56. The number of amides is 2. The van der Waals surface area contributed by atoms with Crippen LogP contribution in [0.25, 0.3) is 5.69 Å². The van der Waals surface area contributed by atoms with Crippen molar-refractivity contribution in [1.82, 2.24) is 14.8 Å². The Hall–Kier alpha value is -4.13. The largest absolute Gasteiger partial charge is 0.497 e. The zero-order valence-corrected chi connectivity index (χ0v) is 18.5. The van der Waals surface area contributed by atoms with Gasteiger partial charge in [0.1, 0.15) is 17.4 Å². The molecule has 0 bridgehead atoms. The van der Waals surface area contributed by atoms with E-state index in [1.807, 2.05) is 71.4 Å². The van der Waals surface area contributed by atoms with Crippen molar-refractivity contribution in [2.24, 2.45) is 0 Å². The molecule has 5 rings (SSSR count). The smallest absolute Gasteiger partial charge is 0.318 e. The molecule has 34 heavy (non-hydrogen) atoms. The first-order chi connectivity index (χ1) is 16.5. The van der Waals surface area contributed by atoms with Crippen molar-refractivity contribution < 1.29 is 18.3 Å². The SMILES string of the molecule is COc1cccc(CNC(=O)N2Cc3ccccc3-n3cccc3[C@@H]2c2cc(F)cc(F)c2)c1. The van der Waals surface area contributed by atoms with Gasteiger partial charge in [0, 0.05) is 24.5 Å². The topological polar surface area (TPSA) is 46.5 Å². The lowest BCUT2D eigenvalue weighted by atomic mass is 10.0. The van der Waals surface area contributed by atoms with Crippen LogP contribution in [0.5, 0.6) is 5.75 Å². The van der Waals surface area contributed by atoms with Gasteiger partial charge in [-0.3, -0.25) is 0 Å². The van der Waals surface area contributed by atoms with Gasteiger partial charge < -0.3 is 19.5 Å². The summed E-state index contributed by atoms with van der Waals surface area (Å²) >= 11 is 0. The molecule has 4 aromatic rings. The molecule has 5 nitrogen and oxygen atoms in total. The molecule has 1 N–H and O–H groups in total. The van der Waals surface area contributed by atoms with Crippen LogP contribution in [0.15, 0.2) is 85.1 Å². The third-order valence-corrected chi connectivity index (χ3v) is 6.00. The number of carbonyl (C=O) groups is 1. The average molecular weight is 459 g/mol. The fourth-order valence-corrected chi connectivity index (χ4v) is 4.48. The van der Waals surface area contributed by atoms with Crippen molar-refractivity contribution in [2.75, 3.05) is 7.11 Å². The van der Waals surface area contributed by atoms with Gasteiger partial charge in [-0.1, -0.05) is 30.3 Å². The highest BCUT2D eigenvalue weighted by Crippen LogP contribution is 2.37. The number of rotatable bonds is 4. The summed E-state index contributed by atoms with van der Waals surface area (Å²) in [4.78, 5) is 15.2. The van der Waals surface area contributed by atoms with E-state index in [1.54, 1.807) is 12.0 Å². The van der Waals surface area contributed by atoms with Gasteiger partial charge in [-0.2, -0.15) is 0 Å². The van der Waals surface area contributed by atoms with Crippen molar-refractivity contribution >= 4 is 6.03 Å². The number of benzene rings is 3. The number of urea groups is 1. The van der Waals surface area contributed by atoms with Crippen LogP contribution in [0.1, 0.15) is 28.4 Å². The van der Waals surface area contributed by atoms with E-state index in [9.17, 15) is 13.6 Å². The third kappa shape index (κ3) is 4.12. The molecule has 0 spiro atoms. The van der Waals surface area contributed by atoms with Crippen LogP contribution in [0.2, 0.25) is 0 Å². The minimum atomic E-state index is -0.696. The highest BCUT2D eigenvalue weighted by atomic mass is 19.1. The minimum Gasteiger partial charge on any atom is -0.497 e. The summed E-state index contributed by atoms with van der Waals surface area (Å²) in [7, 11) is 1.59. The zero-order valence-electron chi connectivity index (χ0n) is 18.5. The molecular formula is C27H23F2N3O2. The van der Waals surface area contributed by atoms with E-state index in [4.69, 9.17) is 4.74 Å². The molecule has 1 atom stereocenters. The molecule has 0 aliphatic carbocycles. The second kappa shape index (κ2) is 9.02. The molecule has 0 saturated carbocycles. The Morgan fingerprint density at radius 2 is 1.79 bits per heavy atom. The van der Waals surface area contributed by atoms with E-state index >= 15 is 0 Å². The summed E-state index contributed by atoms with van der Waals surface area (Å²) in [6, 6.07) is 21.3. The van der Waals surface area contributed by atoms with Gasteiger partial charge in [-0.25, -0.2) is 13.6 Å². The first-order valence-corrected chi connectivity index (χ1v) is 10.9. The van der Waals surface area contributed by atoms with Crippen LogP contribution in [0, 0.1) is 11.6 Å². The molecule has 0 radical (unpaired) electrons. The Bertz CT molecular complexity index is 1330. The second-order valence-corrected chi connectivity index (χ2v) is 8.18. The lowest BCUT2D eigenvalue weighted by Crippen LogP contribution is -2.41. The quantitative estimate of drug-likeness (QED) is 0.433. The van der Waals surface area contributed by atoms with E-state index in [1.165, 1.54) is 12.1 Å². The Labute approximate surface area is 196 Å². The van der Waals surface area contributed by atoms with Crippen molar-refractivity contribution in [3.8, 4) is 11.4 Å². The van der Waals surface area contributed by atoms with Crippen LogP contribution in [0.4, 0.5) is 13.6 Å². The first kappa shape index (κ1) is 21.7. The summed E-state index contributed by atoms with van der Waals surface area (Å²) < 4.78 is 35.7. The van der Waals surface area contributed by atoms with Crippen LogP contribution >= 0.6 is 0 Å². The summed E-state index contributed by atoms with van der Waals surface area (Å²) in [6.45, 7) is 0.546. The number of aromatic nitrogens is 1. The fraction of sp³-hybridized carbons (Fsp3) is 0.148. The minimum absolute atomic E-state index is 0.268. The number of halogens is 2. The van der Waals surface area contributed by atoms with Gasteiger partial charge >= 0.3 is 6.03 Å². The Morgan fingerprint density at radius 1 is 1.00 bits per heavy atom. The van der Waals surface area contributed by atoms with Gasteiger partial charge in [-0.15, -0.1) is 0 Å². The molecule has 7 heteroatoms. The predicted molar refractivity (Wildman–Crippen MR) is 125 cm³/mol.